The summed E-state index contributed by atoms with van der Waals surface area (Å²) in [6.07, 6.45) is 6.39. The molecule has 1 unspecified atom stereocenters. The summed E-state index contributed by atoms with van der Waals surface area (Å²) in [5, 5.41) is 0. The van der Waals surface area contributed by atoms with E-state index in [9.17, 15) is 4.79 Å². The normalized spacial score (nSPS) is 24.4. The van der Waals surface area contributed by atoms with E-state index in [-0.39, 0.29) is 11.5 Å². The molecule has 2 fully saturated rings. The summed E-state index contributed by atoms with van der Waals surface area (Å²) in [5.41, 5.74) is -0.134. The molecule has 108 valence electrons. The molecule has 2 saturated carbocycles. The Bertz CT molecular complexity index is 449. The zero-order valence-corrected chi connectivity index (χ0v) is 11.8. The number of hydrogen-bond donors (Lipinski definition) is 0. The monoisotopic (exact) mass is 274 g/mol. The first-order chi connectivity index (χ1) is 9.81. The second-order valence-electron chi connectivity index (χ2n) is 5.87. The fourth-order valence-electron chi connectivity index (χ4n) is 3.48. The van der Waals surface area contributed by atoms with Gasteiger partial charge in [0, 0.05) is 6.42 Å². The molecule has 0 N–H and O–H groups in total. The van der Waals surface area contributed by atoms with E-state index in [4.69, 9.17) is 9.47 Å². The molecule has 1 atom stereocenters. The molecule has 3 heteroatoms. The highest BCUT2D eigenvalue weighted by atomic mass is 16.5. The molecular weight excluding hydrogens is 252 g/mol. The molecule has 2 aliphatic carbocycles. The predicted molar refractivity (Wildman–Crippen MR) is 76.8 cm³/mol. The third-order valence-electron chi connectivity index (χ3n) is 4.70. The molecule has 0 aliphatic heterocycles. The fraction of sp³-hybridized carbons (Fsp3) is 0.588. The largest absolute Gasteiger partial charge is 0.491 e. The van der Waals surface area contributed by atoms with Gasteiger partial charge in [0.2, 0.25) is 0 Å². The Morgan fingerprint density at radius 3 is 2.50 bits per heavy atom. The van der Waals surface area contributed by atoms with Crippen molar-refractivity contribution in [1.29, 1.82) is 0 Å². The topological polar surface area (TPSA) is 35.5 Å². The van der Waals surface area contributed by atoms with E-state index >= 15 is 0 Å². The lowest BCUT2D eigenvalue weighted by atomic mass is 9.57. The van der Waals surface area contributed by atoms with Gasteiger partial charge in [0.1, 0.15) is 18.1 Å². The Morgan fingerprint density at radius 2 is 1.80 bits per heavy atom. The molecule has 0 aromatic heterocycles. The minimum Gasteiger partial charge on any atom is -0.491 e. The zero-order valence-electron chi connectivity index (χ0n) is 11.8. The molecule has 3 nitrogen and oxygen atoms in total. The molecule has 0 saturated heterocycles. The molecule has 1 aromatic rings. The highest BCUT2D eigenvalue weighted by molar-refractivity contribution is 5.92. The van der Waals surface area contributed by atoms with Crippen LogP contribution >= 0.6 is 0 Å². The molecule has 0 heterocycles. The Balaban J connectivity index is 1.44. The molecular formula is C17H22O3. The number of benzene rings is 1. The maximum absolute atomic E-state index is 12.0. The van der Waals surface area contributed by atoms with Crippen molar-refractivity contribution in [3.63, 3.8) is 0 Å². The summed E-state index contributed by atoms with van der Waals surface area (Å²) in [7, 11) is 0. The maximum Gasteiger partial charge on any atom is 0.144 e. The molecule has 1 aromatic carbocycles. The van der Waals surface area contributed by atoms with Gasteiger partial charge in [-0.05, 0) is 25.0 Å². The second kappa shape index (κ2) is 5.96. The first-order valence-electron chi connectivity index (χ1n) is 7.64. The molecule has 1 spiro atoms. The smallest absolute Gasteiger partial charge is 0.144 e. The molecule has 2 aliphatic rings. The average molecular weight is 274 g/mol. The number of carbonyl (C=O) groups is 1. The van der Waals surface area contributed by atoms with Crippen molar-refractivity contribution >= 4 is 5.78 Å². The maximum atomic E-state index is 12.0. The van der Waals surface area contributed by atoms with Gasteiger partial charge in [0.05, 0.1) is 18.1 Å². The predicted octanol–water partition coefficient (Wildman–Crippen LogP) is 3.37. The van der Waals surface area contributed by atoms with Crippen LogP contribution in [0.25, 0.3) is 0 Å². The standard InChI is InChI=1S/C17H22O3/c18-15-13-16(17(15)9-5-2-6-10-17)20-12-11-19-14-7-3-1-4-8-14/h1,3-4,7-8,16H,2,5-6,9-13H2. The highest BCUT2D eigenvalue weighted by Gasteiger charge is 2.55. The van der Waals surface area contributed by atoms with Crippen LogP contribution in [0.3, 0.4) is 0 Å². The number of para-hydroxylation sites is 1. The number of Topliss-reactive ketones (excluding diaryl/α,β-unsaturated/α-hetero) is 1. The van der Waals surface area contributed by atoms with Crippen LogP contribution in [0.5, 0.6) is 5.75 Å². The highest BCUT2D eigenvalue weighted by Crippen LogP contribution is 2.50. The van der Waals surface area contributed by atoms with Crippen LogP contribution in [0.1, 0.15) is 38.5 Å². The number of rotatable bonds is 5. The van der Waals surface area contributed by atoms with Gasteiger partial charge in [-0.25, -0.2) is 0 Å². The van der Waals surface area contributed by atoms with Crippen LogP contribution in [0.2, 0.25) is 0 Å². The summed E-state index contributed by atoms with van der Waals surface area (Å²) in [5.74, 6) is 1.29. The number of ether oxygens (including phenoxy) is 2. The van der Waals surface area contributed by atoms with Crippen LogP contribution < -0.4 is 4.74 Å². The Morgan fingerprint density at radius 1 is 1.05 bits per heavy atom. The summed E-state index contributed by atoms with van der Waals surface area (Å²) < 4.78 is 11.5. The van der Waals surface area contributed by atoms with Crippen LogP contribution in [-0.4, -0.2) is 25.1 Å². The first kappa shape index (κ1) is 13.6. The number of hydrogen-bond acceptors (Lipinski definition) is 3. The van der Waals surface area contributed by atoms with Crippen molar-refractivity contribution in [2.75, 3.05) is 13.2 Å². The number of carbonyl (C=O) groups excluding carboxylic acids is 1. The quantitative estimate of drug-likeness (QED) is 0.772. The minimum absolute atomic E-state index is 0.134. The van der Waals surface area contributed by atoms with Crippen molar-refractivity contribution in [2.24, 2.45) is 5.41 Å². The van der Waals surface area contributed by atoms with E-state index in [1.165, 1.54) is 19.3 Å². The van der Waals surface area contributed by atoms with E-state index in [0.29, 0.717) is 25.4 Å². The van der Waals surface area contributed by atoms with Crippen molar-refractivity contribution in [3.8, 4) is 5.75 Å². The van der Waals surface area contributed by atoms with Gasteiger partial charge in [0.15, 0.2) is 0 Å². The van der Waals surface area contributed by atoms with Gasteiger partial charge in [-0.2, -0.15) is 0 Å². The minimum atomic E-state index is -0.134. The molecule has 3 rings (SSSR count). The van der Waals surface area contributed by atoms with Crippen LogP contribution in [0.15, 0.2) is 30.3 Å². The van der Waals surface area contributed by atoms with Gasteiger partial charge in [-0.1, -0.05) is 37.5 Å². The third-order valence-corrected chi connectivity index (χ3v) is 4.70. The summed E-state index contributed by atoms with van der Waals surface area (Å²) in [6.45, 7) is 1.11. The lowest BCUT2D eigenvalue weighted by molar-refractivity contribution is -0.169. The van der Waals surface area contributed by atoms with E-state index in [2.05, 4.69) is 0 Å². The molecule has 20 heavy (non-hydrogen) atoms. The van der Waals surface area contributed by atoms with E-state index in [1.807, 2.05) is 30.3 Å². The Labute approximate surface area is 120 Å². The number of ketones is 1. The SMILES string of the molecule is O=C1CC(OCCOc2ccccc2)C12CCCCC2. The summed E-state index contributed by atoms with van der Waals surface area (Å²) in [6, 6.07) is 9.76. The Kier molecular flexibility index (Phi) is 4.06. The van der Waals surface area contributed by atoms with Gasteiger partial charge in [0.25, 0.3) is 0 Å². The van der Waals surface area contributed by atoms with E-state index < -0.39 is 0 Å². The van der Waals surface area contributed by atoms with E-state index in [0.717, 1.165) is 18.6 Å². The van der Waals surface area contributed by atoms with Gasteiger partial charge < -0.3 is 9.47 Å². The zero-order chi connectivity index (χ0) is 13.8. The van der Waals surface area contributed by atoms with Crippen molar-refractivity contribution < 1.29 is 14.3 Å². The van der Waals surface area contributed by atoms with Gasteiger partial charge >= 0.3 is 0 Å². The van der Waals surface area contributed by atoms with Crippen molar-refractivity contribution in [1.82, 2.24) is 0 Å². The summed E-state index contributed by atoms with van der Waals surface area (Å²) >= 11 is 0. The molecule has 0 amide bonds. The summed E-state index contributed by atoms with van der Waals surface area (Å²) in [4.78, 5) is 12.0. The Hall–Kier alpha value is -1.35. The first-order valence-corrected chi connectivity index (χ1v) is 7.64. The average Bonchev–Trinajstić information content (AvgIpc) is 2.52. The fourth-order valence-corrected chi connectivity index (χ4v) is 3.48. The van der Waals surface area contributed by atoms with Gasteiger partial charge in [-0.3, -0.25) is 4.79 Å². The second-order valence-corrected chi connectivity index (χ2v) is 5.87. The lowest BCUT2D eigenvalue weighted by Gasteiger charge is -2.49. The lowest BCUT2D eigenvalue weighted by Crippen LogP contribution is -2.56. The third kappa shape index (κ3) is 2.59. The van der Waals surface area contributed by atoms with Gasteiger partial charge in [-0.15, -0.1) is 0 Å². The van der Waals surface area contributed by atoms with Crippen molar-refractivity contribution in [3.05, 3.63) is 30.3 Å². The molecule has 0 bridgehead atoms. The van der Waals surface area contributed by atoms with E-state index in [1.54, 1.807) is 0 Å². The van der Waals surface area contributed by atoms with Crippen LogP contribution in [0.4, 0.5) is 0 Å². The van der Waals surface area contributed by atoms with Crippen molar-refractivity contribution in [2.45, 2.75) is 44.6 Å². The van der Waals surface area contributed by atoms with Crippen LogP contribution in [-0.2, 0) is 9.53 Å². The van der Waals surface area contributed by atoms with Crippen LogP contribution in [0, 0.1) is 5.41 Å². The molecule has 0 radical (unpaired) electrons.